The van der Waals surface area contributed by atoms with Gasteiger partial charge in [0.25, 0.3) is 0 Å². The number of ether oxygens (including phenoxy) is 1. The van der Waals surface area contributed by atoms with Crippen LogP contribution in [0.5, 0.6) is 0 Å². The first-order chi connectivity index (χ1) is 9.47. The van der Waals surface area contributed by atoms with Crippen molar-refractivity contribution in [3.05, 3.63) is 34.9 Å². The number of hydrogen-bond donors (Lipinski definition) is 0. The summed E-state index contributed by atoms with van der Waals surface area (Å²) in [5.41, 5.74) is 0.659. The van der Waals surface area contributed by atoms with Crippen molar-refractivity contribution < 1.29 is 19.4 Å². The van der Waals surface area contributed by atoms with Gasteiger partial charge in [0.15, 0.2) is 0 Å². The second kappa shape index (κ2) is 7.68. The van der Waals surface area contributed by atoms with Gasteiger partial charge in [-0.15, -0.1) is 0 Å². The van der Waals surface area contributed by atoms with Crippen LogP contribution in [0.2, 0.25) is 0 Å². The maximum absolute atomic E-state index is 12.0. The molecule has 20 heavy (non-hydrogen) atoms. The summed E-state index contributed by atoms with van der Waals surface area (Å²) in [7, 11) is 0. The summed E-state index contributed by atoms with van der Waals surface area (Å²) in [6, 6.07) is 4.87. The van der Waals surface area contributed by atoms with Gasteiger partial charge in [-0.1, -0.05) is 39.3 Å². The Kier molecular flexibility index (Phi) is 6.22. The minimum absolute atomic E-state index is 0.0392. The van der Waals surface area contributed by atoms with Gasteiger partial charge in [0, 0.05) is 5.56 Å². The minimum atomic E-state index is -1.33. The molecule has 0 bridgehead atoms. The predicted octanol–water partition coefficient (Wildman–Crippen LogP) is 2.21. The highest BCUT2D eigenvalue weighted by Crippen LogP contribution is 2.19. The molecule has 0 unspecified atom stereocenters. The Morgan fingerprint density at radius 3 is 2.55 bits per heavy atom. The third-order valence-corrected chi connectivity index (χ3v) is 2.93. The van der Waals surface area contributed by atoms with Crippen LogP contribution in [-0.2, 0) is 11.2 Å². The van der Waals surface area contributed by atoms with Gasteiger partial charge < -0.3 is 14.6 Å². The van der Waals surface area contributed by atoms with E-state index in [0.717, 1.165) is 12.8 Å². The number of benzene rings is 1. The maximum Gasteiger partial charge on any atom is 0.338 e. The first kappa shape index (κ1) is 16.2. The summed E-state index contributed by atoms with van der Waals surface area (Å²) in [5, 5.41) is 11.3. The van der Waals surface area contributed by atoms with Gasteiger partial charge in [-0.3, -0.25) is 0 Å². The lowest BCUT2D eigenvalue weighted by Gasteiger charge is -2.16. The number of carboxylic acid groups (broad SMARTS) is 1. The number of hydrogen-bond acceptors (Lipinski definition) is 4. The van der Waals surface area contributed by atoms with Gasteiger partial charge in [-0.2, -0.15) is 0 Å². The van der Waals surface area contributed by atoms with Crippen LogP contribution >= 0.6 is 0 Å². The first-order valence-corrected chi connectivity index (χ1v) is 6.97. The molecule has 0 amide bonds. The van der Waals surface area contributed by atoms with Gasteiger partial charge in [-0.05, 0) is 30.4 Å². The Labute approximate surface area is 119 Å². The summed E-state index contributed by atoms with van der Waals surface area (Å²) in [5.74, 6) is -1.63. The van der Waals surface area contributed by atoms with Crippen molar-refractivity contribution in [3.63, 3.8) is 0 Å². The zero-order valence-electron chi connectivity index (χ0n) is 12.3. The van der Waals surface area contributed by atoms with E-state index < -0.39 is 11.9 Å². The first-order valence-electron chi connectivity index (χ1n) is 6.97. The lowest BCUT2D eigenvalue weighted by molar-refractivity contribution is -0.255. The Hall–Kier alpha value is -1.84. The van der Waals surface area contributed by atoms with E-state index in [1.807, 2.05) is 20.8 Å². The van der Waals surface area contributed by atoms with Crippen LogP contribution < -0.4 is 5.11 Å². The third-order valence-electron chi connectivity index (χ3n) is 2.93. The van der Waals surface area contributed by atoms with Crippen LogP contribution in [0.15, 0.2) is 18.2 Å². The molecule has 1 rings (SSSR count). The highest BCUT2D eigenvalue weighted by atomic mass is 16.5. The van der Waals surface area contributed by atoms with Crippen LogP contribution in [0, 0.1) is 5.92 Å². The van der Waals surface area contributed by atoms with Crippen molar-refractivity contribution in [2.75, 3.05) is 6.61 Å². The average Bonchev–Trinajstić information content (AvgIpc) is 2.37. The van der Waals surface area contributed by atoms with Gasteiger partial charge in [-0.25, -0.2) is 4.79 Å². The zero-order chi connectivity index (χ0) is 15.1. The highest BCUT2D eigenvalue weighted by molar-refractivity contribution is 6.02. The van der Waals surface area contributed by atoms with Crippen LogP contribution in [0.25, 0.3) is 0 Å². The minimum Gasteiger partial charge on any atom is -0.545 e. The van der Waals surface area contributed by atoms with E-state index in [1.54, 1.807) is 12.1 Å². The molecule has 0 saturated heterocycles. The van der Waals surface area contributed by atoms with E-state index in [2.05, 4.69) is 0 Å². The Balaban J connectivity index is 3.06. The molecule has 0 atom stereocenters. The molecule has 0 N–H and O–H groups in total. The van der Waals surface area contributed by atoms with Crippen molar-refractivity contribution in [2.45, 2.75) is 40.0 Å². The molecule has 1 aromatic rings. The quantitative estimate of drug-likeness (QED) is 0.566. The molecule has 0 aliphatic carbocycles. The number of aromatic carboxylic acids is 1. The second-order valence-corrected chi connectivity index (χ2v) is 5.21. The third kappa shape index (κ3) is 4.37. The molecule has 0 spiro atoms. The van der Waals surface area contributed by atoms with Crippen molar-refractivity contribution in [1.29, 1.82) is 0 Å². The number of unbranched alkanes of at least 4 members (excludes halogenated alkanes) is 1. The smallest absolute Gasteiger partial charge is 0.338 e. The summed E-state index contributed by atoms with van der Waals surface area (Å²) in [6.07, 6.45) is 2.26. The summed E-state index contributed by atoms with van der Waals surface area (Å²) >= 11 is 0. The fourth-order valence-electron chi connectivity index (χ4n) is 2.01. The van der Waals surface area contributed by atoms with Crippen molar-refractivity contribution >= 4 is 11.9 Å². The van der Waals surface area contributed by atoms with Crippen LogP contribution in [0.1, 0.15) is 59.9 Å². The fraction of sp³-hybridized carbons (Fsp3) is 0.500. The number of carboxylic acids is 1. The lowest BCUT2D eigenvalue weighted by Crippen LogP contribution is -2.27. The van der Waals surface area contributed by atoms with Crippen molar-refractivity contribution in [2.24, 2.45) is 5.92 Å². The predicted molar refractivity (Wildman–Crippen MR) is 74.5 cm³/mol. The molecule has 110 valence electrons. The molecule has 0 aliphatic rings. The van der Waals surface area contributed by atoms with Gasteiger partial charge in [0.05, 0.1) is 18.1 Å². The fourth-order valence-corrected chi connectivity index (χ4v) is 2.01. The standard InChI is InChI=1S/C16H22O4/c1-4-5-9-20-16(19)13-8-6-7-12(10-11(2)3)14(13)15(17)18/h6-8,11H,4-5,9-10H2,1-3H3,(H,17,18)/p-1. The van der Waals surface area contributed by atoms with Gasteiger partial charge in [0.2, 0.25) is 0 Å². The molecule has 4 heteroatoms. The summed E-state index contributed by atoms with van der Waals surface area (Å²) in [6.45, 7) is 6.27. The van der Waals surface area contributed by atoms with Crippen molar-refractivity contribution in [3.8, 4) is 0 Å². The largest absolute Gasteiger partial charge is 0.545 e. The SMILES string of the molecule is CCCCOC(=O)c1cccc(CC(C)C)c1C(=O)[O-]. The molecule has 0 saturated carbocycles. The molecular formula is C16H21O4-. The Bertz CT molecular complexity index is 477. The normalized spacial score (nSPS) is 10.6. The van der Waals surface area contributed by atoms with Crippen LogP contribution in [-0.4, -0.2) is 18.5 Å². The second-order valence-electron chi connectivity index (χ2n) is 5.21. The van der Waals surface area contributed by atoms with E-state index >= 15 is 0 Å². The van der Waals surface area contributed by atoms with E-state index in [4.69, 9.17) is 4.74 Å². The van der Waals surface area contributed by atoms with E-state index in [0.29, 0.717) is 24.5 Å². The molecular weight excluding hydrogens is 256 g/mol. The Morgan fingerprint density at radius 1 is 1.30 bits per heavy atom. The molecule has 0 aliphatic heterocycles. The number of carbonyl (C=O) groups is 2. The zero-order valence-corrected chi connectivity index (χ0v) is 12.3. The van der Waals surface area contributed by atoms with Gasteiger partial charge >= 0.3 is 5.97 Å². The molecule has 0 heterocycles. The molecule has 0 radical (unpaired) electrons. The van der Waals surface area contributed by atoms with E-state index in [-0.39, 0.29) is 11.1 Å². The average molecular weight is 277 g/mol. The number of esters is 1. The van der Waals surface area contributed by atoms with Crippen LogP contribution in [0.4, 0.5) is 0 Å². The Morgan fingerprint density at radius 2 is 2.00 bits per heavy atom. The van der Waals surface area contributed by atoms with Crippen LogP contribution in [0.3, 0.4) is 0 Å². The lowest BCUT2D eigenvalue weighted by atomic mass is 9.94. The summed E-state index contributed by atoms with van der Waals surface area (Å²) < 4.78 is 5.09. The topological polar surface area (TPSA) is 66.4 Å². The highest BCUT2D eigenvalue weighted by Gasteiger charge is 2.17. The summed E-state index contributed by atoms with van der Waals surface area (Å²) in [4.78, 5) is 23.3. The van der Waals surface area contributed by atoms with E-state index in [1.165, 1.54) is 6.07 Å². The molecule has 0 fully saturated rings. The maximum atomic E-state index is 12.0. The molecule has 0 aromatic heterocycles. The van der Waals surface area contributed by atoms with E-state index in [9.17, 15) is 14.7 Å². The monoisotopic (exact) mass is 277 g/mol. The molecule has 4 nitrogen and oxygen atoms in total. The van der Waals surface area contributed by atoms with Gasteiger partial charge in [0.1, 0.15) is 0 Å². The van der Waals surface area contributed by atoms with Crippen molar-refractivity contribution in [1.82, 2.24) is 0 Å². The number of rotatable bonds is 7. The molecule has 1 aromatic carbocycles. The number of carbonyl (C=O) groups excluding carboxylic acids is 2.